The second-order valence-corrected chi connectivity index (χ2v) is 2.80. The number of rotatable bonds is 5. The van der Waals surface area contributed by atoms with Gasteiger partial charge in [0, 0.05) is 12.4 Å². The monoisotopic (exact) mass is 161 g/mol. The lowest BCUT2D eigenvalue weighted by atomic mass is 10.2. The van der Waals surface area contributed by atoms with Gasteiger partial charge in [-0.25, -0.2) is 0 Å². The van der Waals surface area contributed by atoms with Crippen LogP contribution in [0.4, 0.5) is 4.32 Å². The van der Waals surface area contributed by atoms with Crippen LogP contribution in [0.25, 0.3) is 0 Å². The predicted molar refractivity (Wildman–Crippen MR) is 48.2 cm³/mol. The molecule has 10 heavy (non-hydrogen) atoms. The number of nitrogens with zero attached hydrogens (tertiary/aromatic N) is 1. The van der Waals surface area contributed by atoms with Crippen LogP contribution in [0.2, 0.25) is 0 Å². The predicted octanol–water partition coefficient (Wildman–Crippen LogP) is 1.42. The summed E-state index contributed by atoms with van der Waals surface area (Å²) >= 11 is 1.64. The van der Waals surface area contributed by atoms with Gasteiger partial charge in [-0.15, -0.1) is 0 Å². The largest absolute Gasteiger partial charge is 0.415 e. The van der Waals surface area contributed by atoms with E-state index in [-0.39, 0.29) is 7.69 Å². The quantitative estimate of drug-likeness (QED) is 0.341. The third kappa shape index (κ3) is 4.88. The van der Waals surface area contributed by atoms with Gasteiger partial charge >= 0.3 is 7.69 Å². The van der Waals surface area contributed by atoms with Gasteiger partial charge in [0.25, 0.3) is 0 Å². The Bertz CT molecular complexity index is 99.7. The van der Waals surface area contributed by atoms with Crippen LogP contribution in [-0.2, 0) is 0 Å². The normalized spacial score (nSPS) is 11.2. The molecule has 0 atom stereocenters. The van der Waals surface area contributed by atoms with Gasteiger partial charge < -0.3 is 9.13 Å². The zero-order chi connectivity index (χ0) is 7.82. The number of hydrogen-bond acceptors (Lipinski definition) is 2. The van der Waals surface area contributed by atoms with Crippen molar-refractivity contribution in [2.24, 2.45) is 0 Å². The molecule has 0 amide bonds. The summed E-state index contributed by atoms with van der Waals surface area (Å²) in [6, 6.07) is 0. The molecule has 0 aliphatic rings. The van der Waals surface area contributed by atoms with Crippen molar-refractivity contribution in [3.8, 4) is 0 Å². The highest BCUT2D eigenvalue weighted by Gasteiger charge is 2.00. The van der Waals surface area contributed by atoms with Crippen molar-refractivity contribution in [3.63, 3.8) is 0 Å². The maximum Gasteiger partial charge on any atom is 0.415 e. The second kappa shape index (κ2) is 7.16. The zero-order valence-corrected chi connectivity index (χ0v) is 7.33. The molecule has 0 aromatic rings. The Labute approximate surface area is 67.0 Å². The van der Waals surface area contributed by atoms with E-state index in [1.807, 2.05) is 25.3 Å². The van der Waals surface area contributed by atoms with Crippen LogP contribution in [0.5, 0.6) is 0 Å². The first-order valence-corrected chi connectivity index (χ1v) is 4.63. The van der Waals surface area contributed by atoms with Crippen LogP contribution in [0.1, 0.15) is 6.92 Å². The number of thioether (sulfide) groups is 1. The summed E-state index contributed by atoms with van der Waals surface area (Å²) in [5.41, 5.74) is 0. The standard InChI is InChI=1S/C6H13BFNS/c1-3-4-5-9(7-8)6-10-2/h3-4,7H,5-6H2,1-2H3/b4-3+. The Morgan fingerprint density at radius 1 is 1.70 bits per heavy atom. The first-order chi connectivity index (χ1) is 4.85. The molecule has 0 aromatic heterocycles. The van der Waals surface area contributed by atoms with Gasteiger partial charge in [0.15, 0.2) is 0 Å². The molecule has 1 nitrogen and oxygen atoms in total. The molecule has 0 heterocycles. The molecule has 0 aromatic carbocycles. The fraction of sp³-hybridized carbons (Fsp3) is 0.667. The minimum atomic E-state index is -0.356. The summed E-state index contributed by atoms with van der Waals surface area (Å²) in [5.74, 6) is 0.765. The summed E-state index contributed by atoms with van der Waals surface area (Å²) in [7, 11) is -0.356. The molecule has 0 unspecified atom stereocenters. The lowest BCUT2D eigenvalue weighted by Gasteiger charge is -2.12. The summed E-state index contributed by atoms with van der Waals surface area (Å²) < 4.78 is 12.0. The van der Waals surface area contributed by atoms with Crippen molar-refractivity contribution in [1.29, 1.82) is 0 Å². The topological polar surface area (TPSA) is 3.24 Å². The smallest absolute Gasteiger partial charge is 0.317 e. The fourth-order valence-electron chi connectivity index (χ4n) is 0.573. The zero-order valence-electron chi connectivity index (χ0n) is 6.51. The third-order valence-electron chi connectivity index (χ3n) is 1.08. The number of allylic oxidation sites excluding steroid dienone is 1. The third-order valence-corrected chi connectivity index (χ3v) is 1.70. The highest BCUT2D eigenvalue weighted by atomic mass is 32.2. The molecule has 0 aliphatic carbocycles. The molecular weight excluding hydrogens is 148 g/mol. The lowest BCUT2D eigenvalue weighted by Crippen LogP contribution is -2.24. The first kappa shape index (κ1) is 10.0. The SMILES string of the molecule is C/C=C/CN(BF)CSC. The van der Waals surface area contributed by atoms with Crippen LogP contribution in [0.15, 0.2) is 12.2 Å². The van der Waals surface area contributed by atoms with E-state index in [9.17, 15) is 4.32 Å². The van der Waals surface area contributed by atoms with Gasteiger partial charge in [-0.2, -0.15) is 11.8 Å². The molecule has 0 saturated carbocycles. The highest BCUT2D eigenvalue weighted by molar-refractivity contribution is 7.98. The van der Waals surface area contributed by atoms with E-state index < -0.39 is 0 Å². The van der Waals surface area contributed by atoms with Crippen LogP contribution in [0, 0.1) is 0 Å². The molecule has 0 bridgehead atoms. The van der Waals surface area contributed by atoms with E-state index in [0.717, 1.165) is 5.88 Å². The molecule has 0 N–H and O–H groups in total. The van der Waals surface area contributed by atoms with Crippen molar-refractivity contribution >= 4 is 19.5 Å². The summed E-state index contributed by atoms with van der Waals surface area (Å²) in [6.07, 6.45) is 5.86. The van der Waals surface area contributed by atoms with Crippen LogP contribution in [-0.4, -0.2) is 31.2 Å². The van der Waals surface area contributed by atoms with Crippen molar-refractivity contribution in [2.75, 3.05) is 18.7 Å². The van der Waals surface area contributed by atoms with Gasteiger partial charge in [0.2, 0.25) is 0 Å². The van der Waals surface area contributed by atoms with Gasteiger partial charge in [0.1, 0.15) is 0 Å². The Kier molecular flexibility index (Phi) is 7.19. The van der Waals surface area contributed by atoms with Crippen molar-refractivity contribution < 1.29 is 4.32 Å². The van der Waals surface area contributed by atoms with Gasteiger partial charge in [0.05, 0.1) is 0 Å². The van der Waals surface area contributed by atoms with E-state index in [4.69, 9.17) is 0 Å². The summed E-state index contributed by atoms with van der Waals surface area (Å²) in [5, 5.41) is 0. The molecule has 0 rings (SSSR count). The minimum Gasteiger partial charge on any atom is -0.317 e. The molecule has 0 spiro atoms. The van der Waals surface area contributed by atoms with Gasteiger partial charge in [-0.3, -0.25) is 0 Å². The van der Waals surface area contributed by atoms with Crippen LogP contribution >= 0.6 is 11.8 Å². The van der Waals surface area contributed by atoms with Crippen molar-refractivity contribution in [2.45, 2.75) is 6.92 Å². The van der Waals surface area contributed by atoms with E-state index in [1.54, 1.807) is 16.6 Å². The average molecular weight is 161 g/mol. The molecule has 4 heteroatoms. The average Bonchev–Trinajstić information content (AvgIpc) is 1.98. The fourth-order valence-corrected chi connectivity index (χ4v) is 1.11. The van der Waals surface area contributed by atoms with Gasteiger partial charge in [-0.1, -0.05) is 12.2 Å². The van der Waals surface area contributed by atoms with E-state index in [0.29, 0.717) is 6.54 Å². The lowest BCUT2D eigenvalue weighted by molar-refractivity contribution is 0.533. The molecule has 0 aliphatic heterocycles. The minimum absolute atomic E-state index is 0.356. The maximum absolute atomic E-state index is 12.0. The summed E-state index contributed by atoms with van der Waals surface area (Å²) in [6.45, 7) is 2.66. The first-order valence-electron chi connectivity index (χ1n) is 3.23. The second-order valence-electron chi connectivity index (χ2n) is 1.96. The summed E-state index contributed by atoms with van der Waals surface area (Å²) in [4.78, 5) is 1.73. The highest BCUT2D eigenvalue weighted by Crippen LogP contribution is 1.97. The molecular formula is C6H13BFNS. The molecule has 0 radical (unpaired) electrons. The Morgan fingerprint density at radius 2 is 2.40 bits per heavy atom. The van der Waals surface area contributed by atoms with E-state index in [2.05, 4.69) is 0 Å². The van der Waals surface area contributed by atoms with Crippen molar-refractivity contribution in [1.82, 2.24) is 4.81 Å². The number of hydrogen-bond donors (Lipinski definition) is 0. The van der Waals surface area contributed by atoms with E-state index in [1.165, 1.54) is 0 Å². The Morgan fingerprint density at radius 3 is 2.80 bits per heavy atom. The molecule has 0 saturated heterocycles. The van der Waals surface area contributed by atoms with Crippen molar-refractivity contribution in [3.05, 3.63) is 12.2 Å². The van der Waals surface area contributed by atoms with Crippen LogP contribution in [0.3, 0.4) is 0 Å². The number of halogens is 1. The molecule has 58 valence electrons. The van der Waals surface area contributed by atoms with Crippen LogP contribution < -0.4 is 0 Å². The Balaban J connectivity index is 3.39. The van der Waals surface area contributed by atoms with E-state index >= 15 is 0 Å². The maximum atomic E-state index is 12.0. The molecule has 0 fully saturated rings. The Hall–Kier alpha value is 0.0449. The van der Waals surface area contributed by atoms with Gasteiger partial charge in [-0.05, 0) is 13.2 Å².